The molecule has 4 nitrogen and oxygen atoms in total. The Morgan fingerprint density at radius 3 is 2.78 bits per heavy atom. The summed E-state index contributed by atoms with van der Waals surface area (Å²) in [5.74, 6) is 1.03. The van der Waals surface area contributed by atoms with Crippen molar-refractivity contribution >= 4 is 12.0 Å². The van der Waals surface area contributed by atoms with Crippen LogP contribution in [0.25, 0.3) is 17.4 Å². The molecule has 23 heavy (non-hydrogen) atoms. The first-order chi connectivity index (χ1) is 11.1. The number of carbonyl (C=O) groups is 1. The molecular weight excluding hydrogens is 292 g/mol. The zero-order valence-electron chi connectivity index (χ0n) is 13.6. The highest BCUT2D eigenvalue weighted by Gasteiger charge is 2.12. The maximum atomic E-state index is 11.7. The van der Waals surface area contributed by atoms with E-state index in [4.69, 9.17) is 13.9 Å². The summed E-state index contributed by atoms with van der Waals surface area (Å²) in [5, 5.41) is 0. The number of methoxy groups -OCH3 is 1. The van der Waals surface area contributed by atoms with E-state index in [0.717, 1.165) is 16.7 Å². The summed E-state index contributed by atoms with van der Waals surface area (Å²) in [4.78, 5) is 11.7. The van der Waals surface area contributed by atoms with Crippen molar-refractivity contribution in [3.63, 3.8) is 0 Å². The smallest absolute Gasteiger partial charge is 0.333 e. The molecule has 1 heterocycles. The molecule has 0 saturated heterocycles. The van der Waals surface area contributed by atoms with Gasteiger partial charge in [-0.15, -0.1) is 0 Å². The van der Waals surface area contributed by atoms with Crippen LogP contribution in [0.5, 0.6) is 5.75 Å². The number of rotatable bonds is 6. The maximum absolute atomic E-state index is 11.7. The van der Waals surface area contributed by atoms with Gasteiger partial charge in [0.15, 0.2) is 0 Å². The molecule has 0 aliphatic rings. The van der Waals surface area contributed by atoms with Crippen LogP contribution in [-0.2, 0) is 16.1 Å². The SMILES string of the molecule is C=Cc1ccc(OC)c(-c2cc(COC(=O)C(C)=CC)co2)c1. The topological polar surface area (TPSA) is 48.7 Å². The highest BCUT2D eigenvalue weighted by molar-refractivity contribution is 5.87. The van der Waals surface area contributed by atoms with Crippen molar-refractivity contribution in [3.8, 4) is 17.1 Å². The van der Waals surface area contributed by atoms with E-state index in [1.165, 1.54) is 0 Å². The van der Waals surface area contributed by atoms with Crippen molar-refractivity contribution in [3.05, 3.63) is 59.9 Å². The molecule has 1 aromatic carbocycles. The molecule has 1 aromatic heterocycles. The summed E-state index contributed by atoms with van der Waals surface area (Å²) in [6.45, 7) is 7.44. The van der Waals surface area contributed by atoms with Crippen molar-refractivity contribution in [2.45, 2.75) is 20.5 Å². The zero-order chi connectivity index (χ0) is 16.8. The van der Waals surface area contributed by atoms with E-state index in [1.54, 1.807) is 39.4 Å². The molecule has 0 N–H and O–H groups in total. The largest absolute Gasteiger partial charge is 0.496 e. The van der Waals surface area contributed by atoms with E-state index in [2.05, 4.69) is 6.58 Å². The molecule has 0 atom stereocenters. The monoisotopic (exact) mass is 312 g/mol. The first-order valence-corrected chi connectivity index (χ1v) is 7.27. The number of hydrogen-bond donors (Lipinski definition) is 0. The first-order valence-electron chi connectivity index (χ1n) is 7.27. The van der Waals surface area contributed by atoms with Crippen molar-refractivity contribution < 1.29 is 18.7 Å². The standard InChI is InChI=1S/C19H20O4/c1-5-13(3)19(20)23-12-15-10-18(22-11-15)16-9-14(6-2)7-8-17(16)21-4/h5-11H,2,12H2,1,3-4H3. The molecule has 2 aromatic rings. The second-order valence-electron chi connectivity index (χ2n) is 5.03. The third-order valence-electron chi connectivity index (χ3n) is 3.50. The lowest BCUT2D eigenvalue weighted by molar-refractivity contribution is -0.140. The van der Waals surface area contributed by atoms with Crippen molar-refractivity contribution in [2.24, 2.45) is 0 Å². The normalized spacial score (nSPS) is 11.2. The van der Waals surface area contributed by atoms with Gasteiger partial charge in [-0.2, -0.15) is 0 Å². The van der Waals surface area contributed by atoms with Gasteiger partial charge in [-0.25, -0.2) is 4.79 Å². The molecule has 2 rings (SSSR count). The second kappa shape index (κ2) is 7.49. The van der Waals surface area contributed by atoms with Gasteiger partial charge >= 0.3 is 5.97 Å². The molecule has 0 unspecified atom stereocenters. The van der Waals surface area contributed by atoms with Crippen molar-refractivity contribution in [2.75, 3.05) is 7.11 Å². The Kier molecular flexibility index (Phi) is 5.41. The van der Waals surface area contributed by atoms with Crippen LogP contribution in [-0.4, -0.2) is 13.1 Å². The number of hydrogen-bond acceptors (Lipinski definition) is 4. The molecule has 0 bridgehead atoms. The Morgan fingerprint density at radius 1 is 1.35 bits per heavy atom. The molecule has 0 radical (unpaired) electrons. The predicted molar refractivity (Wildman–Crippen MR) is 90.0 cm³/mol. The molecule has 0 aliphatic heterocycles. The van der Waals surface area contributed by atoms with E-state index in [1.807, 2.05) is 24.3 Å². The fraction of sp³-hybridized carbons (Fsp3) is 0.211. The second-order valence-corrected chi connectivity index (χ2v) is 5.03. The highest BCUT2D eigenvalue weighted by atomic mass is 16.5. The summed E-state index contributed by atoms with van der Waals surface area (Å²) in [6, 6.07) is 7.55. The van der Waals surface area contributed by atoms with Gasteiger partial charge in [0.2, 0.25) is 0 Å². The number of benzene rings is 1. The minimum Gasteiger partial charge on any atom is -0.496 e. The highest BCUT2D eigenvalue weighted by Crippen LogP contribution is 2.32. The number of esters is 1. The molecular formula is C19H20O4. The Balaban J connectivity index is 2.19. The van der Waals surface area contributed by atoms with E-state index >= 15 is 0 Å². The van der Waals surface area contributed by atoms with Gasteiger partial charge in [-0.1, -0.05) is 24.8 Å². The minimum absolute atomic E-state index is 0.164. The predicted octanol–water partition coefficient (Wildman–Crippen LogP) is 4.61. The number of carbonyl (C=O) groups excluding carboxylic acids is 1. The first kappa shape index (κ1) is 16.6. The molecule has 0 aliphatic carbocycles. The molecule has 0 spiro atoms. The van der Waals surface area contributed by atoms with Gasteiger partial charge in [-0.3, -0.25) is 0 Å². The third kappa shape index (κ3) is 3.92. The van der Waals surface area contributed by atoms with Gasteiger partial charge in [-0.05, 0) is 37.6 Å². The quantitative estimate of drug-likeness (QED) is 0.577. The Bertz CT molecular complexity index is 738. The molecule has 120 valence electrons. The third-order valence-corrected chi connectivity index (χ3v) is 3.50. The van der Waals surface area contributed by atoms with E-state index in [-0.39, 0.29) is 12.6 Å². The summed E-state index contributed by atoms with van der Waals surface area (Å²) in [7, 11) is 1.61. The van der Waals surface area contributed by atoms with Crippen molar-refractivity contribution in [1.29, 1.82) is 0 Å². The van der Waals surface area contributed by atoms with Crippen LogP contribution in [0, 0.1) is 0 Å². The molecule has 0 fully saturated rings. The average Bonchev–Trinajstić information content (AvgIpc) is 3.07. The summed E-state index contributed by atoms with van der Waals surface area (Å²) in [5.41, 5.74) is 3.15. The van der Waals surface area contributed by atoms with Crippen LogP contribution in [0.3, 0.4) is 0 Å². The lowest BCUT2D eigenvalue weighted by Crippen LogP contribution is -2.04. The van der Waals surface area contributed by atoms with E-state index in [0.29, 0.717) is 17.1 Å². The van der Waals surface area contributed by atoms with Crippen LogP contribution in [0.2, 0.25) is 0 Å². The summed E-state index contributed by atoms with van der Waals surface area (Å²) < 4.78 is 16.2. The maximum Gasteiger partial charge on any atom is 0.333 e. The van der Waals surface area contributed by atoms with Crippen LogP contribution in [0.1, 0.15) is 25.0 Å². The molecule has 0 amide bonds. The van der Waals surface area contributed by atoms with E-state index < -0.39 is 0 Å². The van der Waals surface area contributed by atoms with Crippen LogP contribution in [0.4, 0.5) is 0 Å². The summed E-state index contributed by atoms with van der Waals surface area (Å²) in [6.07, 6.45) is 5.05. The van der Waals surface area contributed by atoms with Gasteiger partial charge in [0.05, 0.1) is 18.9 Å². The molecule has 4 heteroatoms. The number of allylic oxidation sites excluding steroid dienone is 1. The van der Waals surface area contributed by atoms with E-state index in [9.17, 15) is 4.79 Å². The minimum atomic E-state index is -0.332. The average molecular weight is 312 g/mol. The number of furan rings is 1. The Morgan fingerprint density at radius 2 is 2.13 bits per heavy atom. The van der Waals surface area contributed by atoms with Crippen LogP contribution < -0.4 is 4.74 Å². The van der Waals surface area contributed by atoms with Crippen LogP contribution in [0.15, 0.2) is 53.2 Å². The van der Waals surface area contributed by atoms with Crippen molar-refractivity contribution in [1.82, 2.24) is 0 Å². The summed E-state index contributed by atoms with van der Waals surface area (Å²) >= 11 is 0. The van der Waals surface area contributed by atoms with Gasteiger partial charge in [0.1, 0.15) is 18.1 Å². The Hall–Kier alpha value is -2.75. The van der Waals surface area contributed by atoms with Crippen LogP contribution >= 0.6 is 0 Å². The van der Waals surface area contributed by atoms with Gasteiger partial charge in [0, 0.05) is 11.1 Å². The zero-order valence-corrected chi connectivity index (χ0v) is 13.6. The molecule has 0 saturated carbocycles. The van der Waals surface area contributed by atoms with Gasteiger partial charge in [0.25, 0.3) is 0 Å². The lowest BCUT2D eigenvalue weighted by Gasteiger charge is -2.07. The van der Waals surface area contributed by atoms with Gasteiger partial charge < -0.3 is 13.9 Å². The fourth-order valence-electron chi connectivity index (χ4n) is 2.02. The fourth-order valence-corrected chi connectivity index (χ4v) is 2.02. The lowest BCUT2D eigenvalue weighted by atomic mass is 10.1. The number of ether oxygens (including phenoxy) is 2. The Labute approximate surface area is 136 Å².